The molecular weight excluding hydrogens is 472 g/mol. The number of benzene rings is 2. The molecule has 0 bridgehead atoms. The molecule has 0 atom stereocenters. The van der Waals surface area contributed by atoms with Crippen molar-refractivity contribution >= 4 is 24.1 Å². The van der Waals surface area contributed by atoms with Gasteiger partial charge in [-0.05, 0) is 59.7 Å². The summed E-state index contributed by atoms with van der Waals surface area (Å²) >= 11 is 0. The quantitative estimate of drug-likeness (QED) is 0.261. The SMILES string of the molecule is COc1cc(/C=C/C(=O)O)cc(CO)c1OC/C=C/COc1c(OC)cc(/C=C/C(=O)O)cc1OC. The minimum absolute atomic E-state index is 0.143. The number of ether oxygens (including phenoxy) is 5. The molecule has 2 rings (SSSR count). The summed E-state index contributed by atoms with van der Waals surface area (Å²) in [6.45, 7) is -0.0297. The van der Waals surface area contributed by atoms with E-state index >= 15 is 0 Å². The van der Waals surface area contributed by atoms with Gasteiger partial charge in [0.15, 0.2) is 23.0 Å². The zero-order valence-corrected chi connectivity index (χ0v) is 20.1. The molecule has 0 fully saturated rings. The molecule has 10 nitrogen and oxygen atoms in total. The Morgan fingerprint density at radius 3 is 1.56 bits per heavy atom. The van der Waals surface area contributed by atoms with Crippen LogP contribution in [0.1, 0.15) is 16.7 Å². The molecule has 0 amide bonds. The Morgan fingerprint density at radius 2 is 1.14 bits per heavy atom. The summed E-state index contributed by atoms with van der Waals surface area (Å²) in [4.78, 5) is 21.5. The van der Waals surface area contributed by atoms with Crippen molar-refractivity contribution in [2.45, 2.75) is 6.61 Å². The predicted octanol–water partition coefficient (Wildman–Crippen LogP) is 3.41. The number of carboxylic acids is 2. The first-order valence-electron chi connectivity index (χ1n) is 10.6. The first-order chi connectivity index (χ1) is 17.3. The van der Waals surface area contributed by atoms with E-state index in [4.69, 9.17) is 33.9 Å². The number of rotatable bonds is 14. The second kappa shape index (κ2) is 14.1. The summed E-state index contributed by atoms with van der Waals surface area (Å²) in [6.07, 6.45) is 8.23. The largest absolute Gasteiger partial charge is 0.493 e. The van der Waals surface area contributed by atoms with E-state index < -0.39 is 11.9 Å². The highest BCUT2D eigenvalue weighted by molar-refractivity contribution is 5.86. The highest BCUT2D eigenvalue weighted by Gasteiger charge is 2.14. The average Bonchev–Trinajstić information content (AvgIpc) is 2.87. The van der Waals surface area contributed by atoms with Gasteiger partial charge in [-0.25, -0.2) is 9.59 Å². The Balaban J connectivity index is 2.07. The van der Waals surface area contributed by atoms with Crippen LogP contribution >= 0.6 is 0 Å². The van der Waals surface area contributed by atoms with E-state index in [1.165, 1.54) is 33.5 Å². The van der Waals surface area contributed by atoms with E-state index in [2.05, 4.69) is 0 Å². The van der Waals surface area contributed by atoms with Crippen LogP contribution in [-0.2, 0) is 16.2 Å². The molecular formula is C26H28O10. The third-order valence-corrected chi connectivity index (χ3v) is 4.68. The zero-order valence-electron chi connectivity index (χ0n) is 20.1. The van der Waals surface area contributed by atoms with E-state index in [1.54, 1.807) is 36.4 Å². The van der Waals surface area contributed by atoms with Gasteiger partial charge in [-0.15, -0.1) is 0 Å². The summed E-state index contributed by atoms with van der Waals surface area (Å²) in [7, 11) is 4.37. The van der Waals surface area contributed by atoms with Crippen LogP contribution in [0.4, 0.5) is 0 Å². The average molecular weight is 501 g/mol. The zero-order chi connectivity index (χ0) is 26.5. The number of aliphatic hydroxyl groups is 1. The van der Waals surface area contributed by atoms with E-state index in [-0.39, 0.29) is 19.8 Å². The van der Waals surface area contributed by atoms with Crippen molar-refractivity contribution in [2.75, 3.05) is 34.5 Å². The lowest BCUT2D eigenvalue weighted by molar-refractivity contribution is -0.132. The van der Waals surface area contributed by atoms with Crippen LogP contribution in [0.2, 0.25) is 0 Å². The molecule has 0 aliphatic carbocycles. The monoisotopic (exact) mass is 500 g/mol. The lowest BCUT2D eigenvalue weighted by Gasteiger charge is -2.15. The van der Waals surface area contributed by atoms with Crippen molar-refractivity contribution in [3.8, 4) is 28.7 Å². The molecule has 2 aromatic rings. The number of hydrogen-bond acceptors (Lipinski definition) is 8. The molecule has 0 radical (unpaired) electrons. The molecule has 0 unspecified atom stereocenters. The molecule has 36 heavy (non-hydrogen) atoms. The van der Waals surface area contributed by atoms with Crippen molar-refractivity contribution in [1.29, 1.82) is 0 Å². The lowest BCUT2D eigenvalue weighted by Crippen LogP contribution is -2.03. The maximum atomic E-state index is 10.8. The Labute approximate surface area is 208 Å². The van der Waals surface area contributed by atoms with Gasteiger partial charge in [0.1, 0.15) is 13.2 Å². The maximum Gasteiger partial charge on any atom is 0.328 e. The molecule has 0 spiro atoms. The van der Waals surface area contributed by atoms with E-state index in [0.29, 0.717) is 45.4 Å². The number of carbonyl (C=O) groups is 2. The topological polar surface area (TPSA) is 141 Å². The van der Waals surface area contributed by atoms with Gasteiger partial charge >= 0.3 is 11.9 Å². The summed E-state index contributed by atoms with van der Waals surface area (Å²) in [6, 6.07) is 6.47. The molecule has 0 aliphatic heterocycles. The number of hydrogen-bond donors (Lipinski definition) is 3. The first-order valence-corrected chi connectivity index (χ1v) is 10.6. The van der Waals surface area contributed by atoms with Gasteiger partial charge in [0.25, 0.3) is 0 Å². The van der Waals surface area contributed by atoms with Gasteiger partial charge in [0.05, 0.1) is 27.9 Å². The van der Waals surface area contributed by atoms with Crippen LogP contribution < -0.4 is 23.7 Å². The smallest absolute Gasteiger partial charge is 0.328 e. The number of carboxylic acid groups (broad SMARTS) is 2. The molecule has 2 aromatic carbocycles. The highest BCUT2D eigenvalue weighted by Crippen LogP contribution is 2.39. The van der Waals surface area contributed by atoms with Gasteiger partial charge in [-0.3, -0.25) is 0 Å². The molecule has 0 aliphatic rings. The summed E-state index contributed by atoms with van der Waals surface area (Å²) in [5, 5.41) is 27.3. The van der Waals surface area contributed by atoms with Crippen LogP contribution in [-0.4, -0.2) is 61.8 Å². The van der Waals surface area contributed by atoms with Gasteiger partial charge in [0.2, 0.25) is 5.75 Å². The third kappa shape index (κ3) is 8.10. The fourth-order valence-electron chi connectivity index (χ4n) is 3.09. The maximum absolute atomic E-state index is 10.8. The van der Waals surface area contributed by atoms with Crippen molar-refractivity contribution in [3.05, 3.63) is 65.3 Å². The van der Waals surface area contributed by atoms with Crippen LogP contribution in [0.25, 0.3) is 12.2 Å². The van der Waals surface area contributed by atoms with Gasteiger partial charge in [-0.1, -0.05) is 0 Å². The third-order valence-electron chi connectivity index (χ3n) is 4.68. The number of aliphatic hydroxyl groups excluding tert-OH is 1. The Kier molecular flexibility index (Phi) is 10.9. The molecule has 0 saturated carbocycles. The summed E-state index contributed by atoms with van der Waals surface area (Å²) in [5.41, 5.74) is 1.55. The van der Waals surface area contributed by atoms with Crippen molar-refractivity contribution in [3.63, 3.8) is 0 Å². The summed E-state index contributed by atoms with van der Waals surface area (Å²) in [5.74, 6) is -0.373. The van der Waals surface area contributed by atoms with Gasteiger partial charge < -0.3 is 39.0 Å². The fraction of sp³-hybridized carbons (Fsp3) is 0.231. The van der Waals surface area contributed by atoms with E-state index in [0.717, 1.165) is 12.2 Å². The van der Waals surface area contributed by atoms with Gasteiger partial charge in [0, 0.05) is 17.7 Å². The number of methoxy groups -OCH3 is 3. The normalized spacial score (nSPS) is 11.2. The lowest BCUT2D eigenvalue weighted by atomic mass is 10.1. The second-order valence-corrected chi connectivity index (χ2v) is 7.06. The van der Waals surface area contributed by atoms with Crippen LogP contribution in [0.15, 0.2) is 48.6 Å². The van der Waals surface area contributed by atoms with Crippen LogP contribution in [0.3, 0.4) is 0 Å². The number of aliphatic carboxylic acids is 2. The van der Waals surface area contributed by atoms with Gasteiger partial charge in [-0.2, -0.15) is 0 Å². The molecule has 192 valence electrons. The summed E-state index contributed by atoms with van der Waals surface area (Å²) < 4.78 is 27.6. The highest BCUT2D eigenvalue weighted by atomic mass is 16.5. The first kappa shape index (κ1) is 27.8. The Bertz CT molecular complexity index is 1010. The molecule has 3 N–H and O–H groups in total. The Hall–Kier alpha value is -4.44. The standard InChI is InChI=1S/C26H28O10/c1-32-20-13-17(6-8-23(28)29)12-19(16-27)25(20)35-10-4-5-11-36-26-21(33-2)14-18(7-9-24(30)31)15-22(26)34-3/h4-9,12-15,27H,10-11,16H2,1-3H3,(H,28,29)(H,30,31)/b5-4+,8-6+,9-7+. The molecule has 0 aromatic heterocycles. The molecule has 10 heteroatoms. The predicted molar refractivity (Wildman–Crippen MR) is 132 cm³/mol. The van der Waals surface area contributed by atoms with Crippen molar-refractivity contribution < 1.29 is 48.6 Å². The Morgan fingerprint density at radius 1 is 0.722 bits per heavy atom. The van der Waals surface area contributed by atoms with Crippen LogP contribution in [0, 0.1) is 0 Å². The molecule has 0 saturated heterocycles. The minimum atomic E-state index is -1.09. The minimum Gasteiger partial charge on any atom is -0.493 e. The van der Waals surface area contributed by atoms with Crippen molar-refractivity contribution in [1.82, 2.24) is 0 Å². The van der Waals surface area contributed by atoms with Crippen LogP contribution in [0.5, 0.6) is 28.7 Å². The van der Waals surface area contributed by atoms with E-state index in [1.807, 2.05) is 0 Å². The molecule has 0 heterocycles. The fourth-order valence-corrected chi connectivity index (χ4v) is 3.09. The second-order valence-electron chi connectivity index (χ2n) is 7.06. The van der Waals surface area contributed by atoms with E-state index in [9.17, 15) is 14.7 Å². The van der Waals surface area contributed by atoms with Crippen molar-refractivity contribution in [2.24, 2.45) is 0 Å².